The van der Waals surface area contributed by atoms with Gasteiger partial charge in [-0.05, 0) is 19.1 Å². The molecule has 1 rings (SSSR count). The van der Waals surface area contributed by atoms with Crippen LogP contribution in [0.25, 0.3) is 6.08 Å². The highest BCUT2D eigenvalue weighted by Gasteiger charge is 2.00. The fourth-order valence-electron chi connectivity index (χ4n) is 0.951. The van der Waals surface area contributed by atoms with Crippen molar-refractivity contribution in [2.24, 2.45) is 0 Å². The molecule has 0 unspecified atom stereocenters. The van der Waals surface area contributed by atoms with Gasteiger partial charge in [-0.1, -0.05) is 12.2 Å². The van der Waals surface area contributed by atoms with Gasteiger partial charge < -0.3 is 4.74 Å². The fourth-order valence-corrected chi connectivity index (χ4v) is 0.951. The molecule has 0 heterocycles. The number of hydrogen-bond acceptors (Lipinski definition) is 2. The van der Waals surface area contributed by atoms with Crippen molar-refractivity contribution in [3.8, 4) is 5.75 Å². The maximum Gasteiger partial charge on any atom is 0.298 e. The summed E-state index contributed by atoms with van der Waals surface area (Å²) in [5.41, 5.74) is 0.473. The van der Waals surface area contributed by atoms with Crippen LogP contribution in [0.1, 0.15) is 12.5 Å². The Labute approximate surface area is 75.6 Å². The third kappa shape index (κ3) is 2.40. The lowest BCUT2D eigenvalue weighted by Gasteiger charge is -1.99. The van der Waals surface area contributed by atoms with Crippen LogP contribution in [0.2, 0.25) is 0 Å². The molecule has 0 aliphatic heterocycles. The van der Waals surface area contributed by atoms with Crippen molar-refractivity contribution in [2.75, 3.05) is 0 Å². The number of carbonyl (C=O) groups is 1. The molecular formula is C10H9FO2. The summed E-state index contributed by atoms with van der Waals surface area (Å²) in [4.78, 5) is 9.94. The summed E-state index contributed by atoms with van der Waals surface area (Å²) in [6.07, 6.45) is 3.37. The van der Waals surface area contributed by atoms with E-state index in [-0.39, 0.29) is 12.2 Å². The monoisotopic (exact) mass is 180 g/mol. The average molecular weight is 180 g/mol. The first-order valence-electron chi connectivity index (χ1n) is 3.80. The number of hydrogen-bond donors (Lipinski definition) is 0. The molecule has 0 aliphatic rings. The molecular weight excluding hydrogens is 171 g/mol. The van der Waals surface area contributed by atoms with Crippen molar-refractivity contribution in [2.45, 2.75) is 6.92 Å². The molecule has 0 saturated heterocycles. The first-order valence-corrected chi connectivity index (χ1v) is 3.80. The summed E-state index contributed by atoms with van der Waals surface area (Å²) >= 11 is 0. The predicted molar refractivity (Wildman–Crippen MR) is 47.8 cm³/mol. The van der Waals surface area contributed by atoms with Gasteiger partial charge >= 0.3 is 0 Å². The molecule has 3 heteroatoms. The van der Waals surface area contributed by atoms with Crippen LogP contribution in [0.3, 0.4) is 0 Å². The molecule has 0 bridgehead atoms. The number of halogens is 1. The highest BCUT2D eigenvalue weighted by molar-refractivity contribution is 5.53. The molecule has 0 spiro atoms. The Hall–Kier alpha value is -1.64. The van der Waals surface area contributed by atoms with E-state index in [0.29, 0.717) is 5.56 Å². The van der Waals surface area contributed by atoms with E-state index in [1.54, 1.807) is 25.1 Å². The van der Waals surface area contributed by atoms with Crippen LogP contribution in [0, 0.1) is 5.82 Å². The fraction of sp³-hybridized carbons (Fsp3) is 0.100. The Morgan fingerprint density at radius 3 is 2.77 bits per heavy atom. The van der Waals surface area contributed by atoms with Gasteiger partial charge in [-0.25, -0.2) is 4.39 Å². The van der Waals surface area contributed by atoms with Crippen molar-refractivity contribution in [1.82, 2.24) is 0 Å². The van der Waals surface area contributed by atoms with Crippen LogP contribution < -0.4 is 4.74 Å². The third-order valence-electron chi connectivity index (χ3n) is 1.50. The lowest BCUT2D eigenvalue weighted by atomic mass is 10.2. The summed E-state index contributed by atoms with van der Waals surface area (Å²) in [5, 5.41) is 0. The molecule has 0 aromatic heterocycles. The Kier molecular flexibility index (Phi) is 3.20. The molecule has 1 aromatic carbocycles. The van der Waals surface area contributed by atoms with Crippen molar-refractivity contribution in [3.63, 3.8) is 0 Å². The lowest BCUT2D eigenvalue weighted by molar-refractivity contribution is -0.120. The zero-order valence-corrected chi connectivity index (χ0v) is 7.16. The molecule has 0 fully saturated rings. The van der Waals surface area contributed by atoms with Crippen LogP contribution in [0.5, 0.6) is 5.75 Å². The minimum atomic E-state index is -0.405. The van der Waals surface area contributed by atoms with E-state index < -0.39 is 5.82 Å². The Bertz CT molecular complexity index is 332. The Balaban J connectivity index is 2.97. The van der Waals surface area contributed by atoms with Crippen molar-refractivity contribution >= 4 is 12.5 Å². The van der Waals surface area contributed by atoms with E-state index >= 15 is 0 Å². The van der Waals surface area contributed by atoms with Gasteiger partial charge in [0.05, 0.1) is 0 Å². The number of rotatable bonds is 3. The minimum Gasteiger partial charge on any atom is -0.429 e. The molecule has 1 aromatic rings. The molecule has 0 aliphatic carbocycles. The number of benzene rings is 1. The van der Waals surface area contributed by atoms with Gasteiger partial charge in [-0.3, -0.25) is 4.79 Å². The van der Waals surface area contributed by atoms with Crippen LogP contribution in [0.4, 0.5) is 4.39 Å². The molecule has 2 nitrogen and oxygen atoms in total. The second-order valence-electron chi connectivity index (χ2n) is 2.40. The Morgan fingerprint density at radius 1 is 1.46 bits per heavy atom. The van der Waals surface area contributed by atoms with E-state index in [4.69, 9.17) is 0 Å². The van der Waals surface area contributed by atoms with E-state index in [2.05, 4.69) is 4.74 Å². The zero-order chi connectivity index (χ0) is 9.68. The van der Waals surface area contributed by atoms with Gasteiger partial charge in [-0.2, -0.15) is 0 Å². The predicted octanol–water partition coefficient (Wildman–Crippen LogP) is 2.39. The minimum absolute atomic E-state index is 0.209. The zero-order valence-electron chi connectivity index (χ0n) is 7.16. The normalized spacial score (nSPS) is 10.3. The topological polar surface area (TPSA) is 26.3 Å². The van der Waals surface area contributed by atoms with Gasteiger partial charge in [0.25, 0.3) is 6.47 Å². The second kappa shape index (κ2) is 4.40. The Morgan fingerprint density at radius 2 is 2.23 bits per heavy atom. The molecule has 0 N–H and O–H groups in total. The van der Waals surface area contributed by atoms with Gasteiger partial charge in [0.1, 0.15) is 11.6 Å². The van der Waals surface area contributed by atoms with Gasteiger partial charge in [0.15, 0.2) is 0 Å². The lowest BCUT2D eigenvalue weighted by Crippen LogP contribution is -1.90. The molecule has 13 heavy (non-hydrogen) atoms. The average Bonchev–Trinajstić information content (AvgIpc) is 2.10. The van der Waals surface area contributed by atoms with Crippen molar-refractivity contribution < 1.29 is 13.9 Å². The van der Waals surface area contributed by atoms with Gasteiger partial charge in [-0.15, -0.1) is 0 Å². The summed E-state index contributed by atoms with van der Waals surface area (Å²) in [7, 11) is 0. The van der Waals surface area contributed by atoms with E-state index in [0.717, 1.165) is 0 Å². The van der Waals surface area contributed by atoms with E-state index in [1.165, 1.54) is 12.1 Å². The molecule has 0 saturated carbocycles. The summed E-state index contributed by atoms with van der Waals surface area (Å²) in [5.74, 6) is -0.196. The van der Waals surface area contributed by atoms with Crippen molar-refractivity contribution in [3.05, 3.63) is 35.7 Å². The van der Waals surface area contributed by atoms with Gasteiger partial charge in [0.2, 0.25) is 0 Å². The molecule has 0 radical (unpaired) electrons. The highest BCUT2D eigenvalue weighted by atomic mass is 19.1. The van der Waals surface area contributed by atoms with Crippen LogP contribution in [-0.2, 0) is 4.79 Å². The maximum absolute atomic E-state index is 13.1. The molecule has 0 atom stereocenters. The smallest absolute Gasteiger partial charge is 0.298 e. The first kappa shape index (κ1) is 9.45. The summed E-state index contributed by atoms with van der Waals surface area (Å²) < 4.78 is 17.6. The number of carbonyl (C=O) groups excluding carboxylic acids is 1. The van der Waals surface area contributed by atoms with Gasteiger partial charge in [0, 0.05) is 11.6 Å². The molecule has 0 amide bonds. The standard InChI is InChI=1S/C10H9FO2/c1-2-3-8-4-5-9(13-7-12)6-10(8)11/h2-7H,1H3/b3-2+. The third-order valence-corrected chi connectivity index (χ3v) is 1.50. The van der Waals surface area contributed by atoms with Crippen LogP contribution in [-0.4, -0.2) is 6.47 Å². The van der Waals surface area contributed by atoms with E-state index in [1.807, 2.05) is 0 Å². The van der Waals surface area contributed by atoms with Crippen molar-refractivity contribution in [1.29, 1.82) is 0 Å². The highest BCUT2D eigenvalue weighted by Crippen LogP contribution is 2.17. The second-order valence-corrected chi connectivity index (χ2v) is 2.40. The number of ether oxygens (including phenoxy) is 1. The molecule has 68 valence electrons. The van der Waals surface area contributed by atoms with Crippen LogP contribution in [0.15, 0.2) is 24.3 Å². The summed E-state index contributed by atoms with van der Waals surface area (Å²) in [6.45, 7) is 2.07. The largest absolute Gasteiger partial charge is 0.429 e. The van der Waals surface area contributed by atoms with E-state index in [9.17, 15) is 9.18 Å². The first-order chi connectivity index (χ1) is 6.27. The quantitative estimate of drug-likeness (QED) is 0.667. The van der Waals surface area contributed by atoms with Crippen LogP contribution >= 0.6 is 0 Å². The SMILES string of the molecule is C/C=C/c1ccc(OC=O)cc1F. The number of allylic oxidation sites excluding steroid dienone is 1. The maximum atomic E-state index is 13.1. The summed E-state index contributed by atoms with van der Waals surface area (Å²) in [6, 6.07) is 4.25.